The fraction of sp³-hybridized carbons (Fsp3) is 0.105. The number of furan rings is 1. The molecule has 2 N–H and O–H groups in total. The first-order valence-corrected chi connectivity index (χ1v) is 7.37. The molecule has 0 saturated heterocycles. The Morgan fingerprint density at radius 2 is 1.74 bits per heavy atom. The van der Waals surface area contributed by atoms with Gasteiger partial charge in [0.15, 0.2) is 5.76 Å². The van der Waals surface area contributed by atoms with Crippen molar-refractivity contribution in [1.82, 2.24) is 0 Å². The molecule has 0 unspecified atom stereocenters. The van der Waals surface area contributed by atoms with Crippen LogP contribution in [0.4, 0.5) is 5.69 Å². The molecule has 0 spiro atoms. The van der Waals surface area contributed by atoms with Crippen molar-refractivity contribution in [3.05, 3.63) is 64.0 Å². The molecule has 0 radical (unpaired) electrons. The van der Waals surface area contributed by atoms with Gasteiger partial charge in [-0.05, 0) is 43.2 Å². The van der Waals surface area contributed by atoms with E-state index in [1.165, 1.54) is 6.07 Å². The normalized spacial score (nSPS) is 11.4. The minimum Gasteiger partial charge on any atom is -0.454 e. The first-order chi connectivity index (χ1) is 11.0. The first-order valence-electron chi connectivity index (χ1n) is 7.37. The molecular weight excluding hydrogens is 290 g/mol. The summed E-state index contributed by atoms with van der Waals surface area (Å²) in [5.41, 5.74) is 10.3. The second-order valence-electron chi connectivity index (χ2n) is 5.78. The van der Waals surface area contributed by atoms with Crippen molar-refractivity contribution in [2.75, 3.05) is 5.73 Å². The fourth-order valence-electron chi connectivity index (χ4n) is 3.07. The summed E-state index contributed by atoms with van der Waals surface area (Å²) >= 11 is 0. The van der Waals surface area contributed by atoms with Crippen LogP contribution in [0.15, 0.2) is 56.1 Å². The van der Waals surface area contributed by atoms with E-state index in [0.717, 1.165) is 21.9 Å². The quantitative estimate of drug-likeness (QED) is 0.529. The summed E-state index contributed by atoms with van der Waals surface area (Å²) in [6.45, 7) is 3.92. The Labute approximate surface area is 132 Å². The molecule has 0 bridgehead atoms. The highest BCUT2D eigenvalue weighted by Gasteiger charge is 2.18. The standard InChI is InChI=1S/C19H15NO3/c1-10-7-11(2)18-13(8-10)14(9-16(21)23-18)19-17(20)12-5-3-4-6-15(12)22-19/h3-9H,20H2,1-2H3. The molecular formula is C19H15NO3. The number of hydrogen-bond donors (Lipinski definition) is 1. The average molecular weight is 305 g/mol. The van der Waals surface area contributed by atoms with Crippen LogP contribution in [0.1, 0.15) is 11.1 Å². The zero-order valence-electron chi connectivity index (χ0n) is 12.8. The number of benzene rings is 2. The van der Waals surface area contributed by atoms with Gasteiger partial charge in [0.1, 0.15) is 11.2 Å². The Balaban J connectivity index is 2.16. The van der Waals surface area contributed by atoms with E-state index in [9.17, 15) is 4.79 Å². The summed E-state index contributed by atoms with van der Waals surface area (Å²) in [6, 6.07) is 13.0. The van der Waals surface area contributed by atoms with Crippen molar-refractivity contribution >= 4 is 27.6 Å². The number of nitrogen functional groups attached to an aromatic ring is 1. The van der Waals surface area contributed by atoms with Crippen molar-refractivity contribution in [1.29, 1.82) is 0 Å². The number of anilines is 1. The van der Waals surface area contributed by atoms with Gasteiger partial charge < -0.3 is 14.6 Å². The Morgan fingerprint density at radius 1 is 0.957 bits per heavy atom. The van der Waals surface area contributed by atoms with Gasteiger partial charge in [-0.15, -0.1) is 0 Å². The Morgan fingerprint density at radius 3 is 2.52 bits per heavy atom. The molecule has 0 amide bonds. The van der Waals surface area contributed by atoms with Gasteiger partial charge in [-0.3, -0.25) is 0 Å². The van der Waals surface area contributed by atoms with Gasteiger partial charge in [0.2, 0.25) is 0 Å². The average Bonchev–Trinajstić information content (AvgIpc) is 2.85. The monoisotopic (exact) mass is 305 g/mol. The first kappa shape index (κ1) is 13.6. The molecule has 0 fully saturated rings. The lowest BCUT2D eigenvalue weighted by atomic mass is 10.0. The summed E-state index contributed by atoms with van der Waals surface area (Å²) in [6.07, 6.45) is 0. The maximum absolute atomic E-state index is 12.0. The molecule has 4 nitrogen and oxygen atoms in total. The predicted octanol–water partition coefficient (Wildman–Crippen LogP) is 4.41. The molecule has 0 aliphatic heterocycles. The second kappa shape index (κ2) is 4.74. The summed E-state index contributed by atoms with van der Waals surface area (Å²) in [5.74, 6) is 0.508. The maximum atomic E-state index is 12.0. The third-order valence-electron chi connectivity index (χ3n) is 4.05. The van der Waals surface area contributed by atoms with E-state index in [1.807, 2.05) is 50.2 Å². The van der Waals surface area contributed by atoms with Crippen molar-refractivity contribution < 1.29 is 8.83 Å². The van der Waals surface area contributed by atoms with Crippen molar-refractivity contribution in [3.63, 3.8) is 0 Å². The van der Waals surface area contributed by atoms with Crippen LogP contribution >= 0.6 is 0 Å². The van der Waals surface area contributed by atoms with Crippen LogP contribution in [-0.2, 0) is 0 Å². The Kier molecular flexibility index (Phi) is 2.81. The van der Waals surface area contributed by atoms with E-state index < -0.39 is 5.63 Å². The number of rotatable bonds is 1. The number of nitrogens with two attached hydrogens (primary N) is 1. The van der Waals surface area contributed by atoms with Gasteiger partial charge >= 0.3 is 5.63 Å². The second-order valence-corrected chi connectivity index (χ2v) is 5.78. The van der Waals surface area contributed by atoms with E-state index in [4.69, 9.17) is 14.6 Å². The molecule has 2 aromatic heterocycles. The molecule has 2 heterocycles. The van der Waals surface area contributed by atoms with Gasteiger partial charge in [0, 0.05) is 22.4 Å². The number of aryl methyl sites for hydroxylation is 2. The van der Waals surface area contributed by atoms with Crippen LogP contribution in [0, 0.1) is 13.8 Å². The zero-order chi connectivity index (χ0) is 16.1. The minimum absolute atomic E-state index is 0.417. The molecule has 114 valence electrons. The van der Waals surface area contributed by atoms with Gasteiger partial charge in [-0.2, -0.15) is 0 Å². The number of fused-ring (bicyclic) bond motifs is 2. The maximum Gasteiger partial charge on any atom is 0.336 e. The molecule has 4 rings (SSSR count). The largest absolute Gasteiger partial charge is 0.454 e. The van der Waals surface area contributed by atoms with Gasteiger partial charge in [0.25, 0.3) is 0 Å². The smallest absolute Gasteiger partial charge is 0.336 e. The minimum atomic E-state index is -0.417. The molecule has 2 aromatic carbocycles. The van der Waals surface area contributed by atoms with Crippen LogP contribution in [0.2, 0.25) is 0 Å². The predicted molar refractivity (Wildman–Crippen MR) is 91.6 cm³/mol. The summed E-state index contributed by atoms with van der Waals surface area (Å²) in [5, 5.41) is 1.67. The van der Waals surface area contributed by atoms with E-state index in [-0.39, 0.29) is 0 Å². The highest BCUT2D eigenvalue weighted by Crippen LogP contribution is 2.39. The van der Waals surface area contributed by atoms with E-state index in [1.54, 1.807) is 0 Å². The zero-order valence-corrected chi connectivity index (χ0v) is 12.8. The van der Waals surface area contributed by atoms with Gasteiger partial charge in [0.05, 0.1) is 5.69 Å². The number of hydrogen-bond acceptors (Lipinski definition) is 4. The molecule has 0 atom stereocenters. The molecule has 0 aliphatic rings. The van der Waals surface area contributed by atoms with Crippen molar-refractivity contribution in [2.45, 2.75) is 13.8 Å². The third kappa shape index (κ3) is 2.03. The lowest BCUT2D eigenvalue weighted by Crippen LogP contribution is -2.00. The molecule has 23 heavy (non-hydrogen) atoms. The van der Waals surface area contributed by atoms with E-state index in [2.05, 4.69) is 0 Å². The molecule has 4 heteroatoms. The Bertz CT molecular complexity index is 1120. The Hall–Kier alpha value is -3.01. The van der Waals surface area contributed by atoms with E-state index in [0.29, 0.717) is 28.2 Å². The van der Waals surface area contributed by atoms with Crippen LogP contribution in [0.25, 0.3) is 33.3 Å². The van der Waals surface area contributed by atoms with E-state index >= 15 is 0 Å². The topological polar surface area (TPSA) is 69.4 Å². The lowest BCUT2D eigenvalue weighted by molar-refractivity contribution is 0.557. The lowest BCUT2D eigenvalue weighted by Gasteiger charge is -2.07. The van der Waals surface area contributed by atoms with Crippen LogP contribution in [-0.4, -0.2) is 0 Å². The van der Waals surface area contributed by atoms with Crippen LogP contribution in [0.5, 0.6) is 0 Å². The summed E-state index contributed by atoms with van der Waals surface area (Å²) < 4.78 is 11.3. The molecule has 0 saturated carbocycles. The SMILES string of the molecule is Cc1cc(C)c2oc(=O)cc(-c3oc4ccccc4c3N)c2c1. The fourth-order valence-corrected chi connectivity index (χ4v) is 3.07. The highest BCUT2D eigenvalue weighted by molar-refractivity contribution is 6.03. The number of para-hydroxylation sites is 1. The van der Waals surface area contributed by atoms with Crippen LogP contribution in [0.3, 0.4) is 0 Å². The molecule has 4 aromatic rings. The third-order valence-corrected chi connectivity index (χ3v) is 4.05. The summed E-state index contributed by atoms with van der Waals surface area (Å²) in [4.78, 5) is 12.0. The van der Waals surface area contributed by atoms with Gasteiger partial charge in [-0.1, -0.05) is 18.2 Å². The molecule has 0 aliphatic carbocycles. The highest BCUT2D eigenvalue weighted by atomic mass is 16.4. The summed E-state index contributed by atoms with van der Waals surface area (Å²) in [7, 11) is 0. The van der Waals surface area contributed by atoms with Crippen molar-refractivity contribution in [2.24, 2.45) is 0 Å². The van der Waals surface area contributed by atoms with Crippen molar-refractivity contribution in [3.8, 4) is 11.3 Å². The van der Waals surface area contributed by atoms with Crippen LogP contribution < -0.4 is 11.4 Å². The van der Waals surface area contributed by atoms with Gasteiger partial charge in [-0.25, -0.2) is 4.79 Å².